The van der Waals surface area contributed by atoms with Crippen molar-refractivity contribution in [1.82, 2.24) is 15.5 Å². The molecule has 0 atom stereocenters. The molecule has 1 aromatic rings. The van der Waals surface area contributed by atoms with Gasteiger partial charge in [0.2, 0.25) is 5.91 Å². The number of carbonyl (C=O) groups is 2. The maximum Gasteiger partial charge on any atom is 0.321 e. The van der Waals surface area contributed by atoms with Crippen LogP contribution >= 0.6 is 0 Å². The molecule has 0 bridgehead atoms. The number of hydrogen-bond donors (Lipinski definition) is 2. The molecule has 0 saturated heterocycles. The summed E-state index contributed by atoms with van der Waals surface area (Å²) in [5.74, 6) is -0.218. The van der Waals surface area contributed by atoms with Gasteiger partial charge in [0.25, 0.3) is 0 Å². The molecule has 2 saturated carbocycles. The Morgan fingerprint density at radius 3 is 2.38 bits per heavy atom. The standard InChI is InChI=1S/C19H27N3O2/c1-14-6-8-15(9-7-14)12-22(17-10-11-17)13-18(23)21-19(24)20-16-4-2-3-5-16/h6-9,16-17H,2-5,10-13H2,1H3,(H2,20,21,23,24). The summed E-state index contributed by atoms with van der Waals surface area (Å²) in [4.78, 5) is 26.3. The van der Waals surface area contributed by atoms with Crippen molar-refractivity contribution in [3.05, 3.63) is 35.4 Å². The number of imide groups is 1. The third kappa shape index (κ3) is 5.06. The summed E-state index contributed by atoms with van der Waals surface area (Å²) in [6, 6.07) is 8.74. The van der Waals surface area contributed by atoms with Gasteiger partial charge < -0.3 is 5.32 Å². The summed E-state index contributed by atoms with van der Waals surface area (Å²) < 4.78 is 0. The first-order valence-corrected chi connectivity index (χ1v) is 9.00. The summed E-state index contributed by atoms with van der Waals surface area (Å²) in [6.45, 7) is 3.10. The highest BCUT2D eigenvalue weighted by atomic mass is 16.2. The van der Waals surface area contributed by atoms with Gasteiger partial charge >= 0.3 is 6.03 Å². The first-order chi connectivity index (χ1) is 11.6. The number of carbonyl (C=O) groups excluding carboxylic acids is 2. The number of rotatable bonds is 6. The predicted molar refractivity (Wildman–Crippen MR) is 93.5 cm³/mol. The van der Waals surface area contributed by atoms with Gasteiger partial charge in [0.1, 0.15) is 0 Å². The molecule has 0 heterocycles. The summed E-state index contributed by atoms with van der Waals surface area (Å²) >= 11 is 0. The highest BCUT2D eigenvalue weighted by Gasteiger charge is 2.30. The minimum absolute atomic E-state index is 0.218. The quantitative estimate of drug-likeness (QED) is 0.843. The second-order valence-electron chi connectivity index (χ2n) is 7.12. The lowest BCUT2D eigenvalue weighted by Gasteiger charge is -2.21. The van der Waals surface area contributed by atoms with Crippen molar-refractivity contribution in [3.63, 3.8) is 0 Å². The predicted octanol–water partition coefficient (Wildman–Crippen LogP) is 2.73. The maximum atomic E-state index is 12.2. The van der Waals surface area contributed by atoms with Gasteiger partial charge in [0, 0.05) is 18.6 Å². The van der Waals surface area contributed by atoms with E-state index in [1.807, 2.05) is 0 Å². The molecular formula is C19H27N3O2. The van der Waals surface area contributed by atoms with Crippen LogP contribution in [0.4, 0.5) is 4.79 Å². The van der Waals surface area contributed by atoms with Crippen molar-refractivity contribution in [2.24, 2.45) is 0 Å². The Balaban J connectivity index is 1.48. The monoisotopic (exact) mass is 329 g/mol. The van der Waals surface area contributed by atoms with Crippen LogP contribution in [0.25, 0.3) is 0 Å². The van der Waals surface area contributed by atoms with E-state index in [-0.39, 0.29) is 24.5 Å². The fraction of sp³-hybridized carbons (Fsp3) is 0.579. The van der Waals surface area contributed by atoms with Crippen molar-refractivity contribution in [1.29, 1.82) is 0 Å². The number of nitrogens with zero attached hydrogens (tertiary/aromatic N) is 1. The van der Waals surface area contributed by atoms with Crippen LogP contribution in [0.2, 0.25) is 0 Å². The van der Waals surface area contributed by atoms with Crippen LogP contribution in [0.3, 0.4) is 0 Å². The molecule has 0 aromatic heterocycles. The van der Waals surface area contributed by atoms with Crippen molar-refractivity contribution in [3.8, 4) is 0 Å². The Labute approximate surface area is 143 Å². The smallest absolute Gasteiger partial charge is 0.321 e. The van der Waals surface area contributed by atoms with Gasteiger partial charge in [0.15, 0.2) is 0 Å². The molecule has 0 unspecified atom stereocenters. The van der Waals surface area contributed by atoms with E-state index in [0.29, 0.717) is 6.04 Å². The van der Waals surface area contributed by atoms with Crippen LogP contribution < -0.4 is 10.6 Å². The summed E-state index contributed by atoms with van der Waals surface area (Å²) in [5.41, 5.74) is 2.44. The van der Waals surface area contributed by atoms with E-state index in [1.54, 1.807) is 0 Å². The van der Waals surface area contributed by atoms with E-state index in [9.17, 15) is 9.59 Å². The van der Waals surface area contributed by atoms with E-state index < -0.39 is 0 Å². The number of benzene rings is 1. The summed E-state index contributed by atoms with van der Waals surface area (Å²) in [7, 11) is 0. The molecule has 2 aliphatic rings. The Bertz CT molecular complexity index is 575. The topological polar surface area (TPSA) is 61.4 Å². The average molecular weight is 329 g/mol. The average Bonchev–Trinajstić information content (AvgIpc) is 3.27. The summed E-state index contributed by atoms with van der Waals surface area (Å²) in [6.07, 6.45) is 6.61. The minimum Gasteiger partial charge on any atom is -0.335 e. The van der Waals surface area contributed by atoms with Crippen LogP contribution in [-0.4, -0.2) is 35.5 Å². The molecule has 0 radical (unpaired) electrons. The van der Waals surface area contributed by atoms with Crippen LogP contribution in [0.1, 0.15) is 49.7 Å². The van der Waals surface area contributed by atoms with Crippen LogP contribution in [0.15, 0.2) is 24.3 Å². The second-order valence-corrected chi connectivity index (χ2v) is 7.12. The molecule has 130 valence electrons. The fourth-order valence-electron chi connectivity index (χ4n) is 3.32. The number of aryl methyl sites for hydroxylation is 1. The third-order valence-corrected chi connectivity index (χ3v) is 4.86. The van der Waals surface area contributed by atoms with E-state index in [2.05, 4.69) is 46.7 Å². The number of nitrogens with one attached hydrogen (secondary N) is 2. The first kappa shape index (κ1) is 17.0. The Morgan fingerprint density at radius 2 is 1.75 bits per heavy atom. The van der Waals surface area contributed by atoms with Crippen molar-refractivity contribution in [2.75, 3.05) is 6.54 Å². The zero-order valence-electron chi connectivity index (χ0n) is 14.4. The van der Waals surface area contributed by atoms with Crippen LogP contribution in [0.5, 0.6) is 0 Å². The van der Waals surface area contributed by atoms with E-state index in [1.165, 1.54) is 11.1 Å². The lowest BCUT2D eigenvalue weighted by molar-refractivity contribution is -0.121. The minimum atomic E-state index is -0.349. The number of amides is 3. The molecule has 1 aromatic carbocycles. The van der Waals surface area contributed by atoms with Gasteiger partial charge in [-0.15, -0.1) is 0 Å². The normalized spacial score (nSPS) is 17.9. The maximum absolute atomic E-state index is 12.2. The number of urea groups is 1. The van der Waals surface area contributed by atoms with E-state index in [4.69, 9.17) is 0 Å². The van der Waals surface area contributed by atoms with E-state index in [0.717, 1.165) is 45.1 Å². The zero-order chi connectivity index (χ0) is 16.9. The second kappa shape index (κ2) is 7.79. The molecule has 2 N–H and O–H groups in total. The van der Waals surface area contributed by atoms with Crippen molar-refractivity contribution < 1.29 is 9.59 Å². The highest BCUT2D eigenvalue weighted by molar-refractivity contribution is 5.95. The molecule has 2 fully saturated rings. The lowest BCUT2D eigenvalue weighted by atomic mass is 10.1. The van der Waals surface area contributed by atoms with Crippen LogP contribution in [0, 0.1) is 6.92 Å². The van der Waals surface area contributed by atoms with Crippen molar-refractivity contribution >= 4 is 11.9 Å². The Hall–Kier alpha value is -1.88. The van der Waals surface area contributed by atoms with E-state index >= 15 is 0 Å². The molecular weight excluding hydrogens is 302 g/mol. The van der Waals surface area contributed by atoms with Crippen LogP contribution in [-0.2, 0) is 11.3 Å². The molecule has 2 aliphatic carbocycles. The Kier molecular flexibility index (Phi) is 5.51. The van der Waals surface area contributed by atoms with Gasteiger partial charge in [-0.1, -0.05) is 42.7 Å². The lowest BCUT2D eigenvalue weighted by Crippen LogP contribution is -2.47. The zero-order valence-corrected chi connectivity index (χ0v) is 14.4. The molecule has 5 nitrogen and oxygen atoms in total. The molecule has 24 heavy (non-hydrogen) atoms. The fourth-order valence-corrected chi connectivity index (χ4v) is 3.32. The number of hydrogen-bond acceptors (Lipinski definition) is 3. The largest absolute Gasteiger partial charge is 0.335 e. The van der Waals surface area contributed by atoms with Gasteiger partial charge in [-0.2, -0.15) is 0 Å². The Morgan fingerprint density at radius 1 is 1.08 bits per heavy atom. The molecule has 5 heteroatoms. The van der Waals surface area contributed by atoms with Gasteiger partial charge in [-0.25, -0.2) is 4.79 Å². The van der Waals surface area contributed by atoms with Gasteiger partial charge in [-0.05, 0) is 38.2 Å². The van der Waals surface area contributed by atoms with Crippen molar-refractivity contribution in [2.45, 2.75) is 64.1 Å². The molecule has 3 amide bonds. The van der Waals surface area contributed by atoms with Gasteiger partial charge in [-0.3, -0.25) is 15.0 Å². The molecule has 0 spiro atoms. The molecule has 0 aliphatic heterocycles. The summed E-state index contributed by atoms with van der Waals surface area (Å²) in [5, 5.41) is 5.38. The third-order valence-electron chi connectivity index (χ3n) is 4.86. The van der Waals surface area contributed by atoms with Gasteiger partial charge in [0.05, 0.1) is 6.54 Å². The first-order valence-electron chi connectivity index (χ1n) is 9.00. The molecule has 3 rings (SSSR count). The highest BCUT2D eigenvalue weighted by Crippen LogP contribution is 2.28. The SMILES string of the molecule is Cc1ccc(CN(CC(=O)NC(=O)NC2CCCC2)C2CC2)cc1.